The minimum atomic E-state index is -1.17. The lowest BCUT2D eigenvalue weighted by Gasteiger charge is -2.09. The van der Waals surface area contributed by atoms with Crippen molar-refractivity contribution in [2.24, 2.45) is 0 Å². The molecule has 4 heteroatoms. The van der Waals surface area contributed by atoms with E-state index < -0.39 is 23.5 Å². The van der Waals surface area contributed by atoms with E-state index in [4.69, 9.17) is 5.11 Å². The number of rotatable bonds is 2. The number of carboxylic acid groups (broad SMARTS) is 1. The van der Waals surface area contributed by atoms with Gasteiger partial charge in [0.25, 0.3) is 0 Å². The van der Waals surface area contributed by atoms with Crippen LogP contribution in [0.2, 0.25) is 0 Å². The summed E-state index contributed by atoms with van der Waals surface area (Å²) in [6.45, 7) is 2.74. The Morgan fingerprint density at radius 3 is 2.43 bits per heavy atom. The lowest BCUT2D eigenvalue weighted by atomic mass is 9.99. The average Bonchev–Trinajstić information content (AvgIpc) is 2.13. The molecule has 1 rings (SSSR count). The van der Waals surface area contributed by atoms with Crippen LogP contribution in [-0.4, -0.2) is 11.1 Å². The topological polar surface area (TPSA) is 37.3 Å². The van der Waals surface area contributed by atoms with Crippen molar-refractivity contribution in [3.05, 3.63) is 34.9 Å². The summed E-state index contributed by atoms with van der Waals surface area (Å²) in [5, 5.41) is 8.63. The number of aliphatic carboxylic acids is 1. The van der Waals surface area contributed by atoms with Crippen molar-refractivity contribution in [2.45, 2.75) is 19.8 Å². The Labute approximate surface area is 80.2 Å². The molecule has 0 radical (unpaired) electrons. The Hall–Kier alpha value is -1.45. The zero-order chi connectivity index (χ0) is 10.9. The second-order valence-corrected chi connectivity index (χ2v) is 3.16. The van der Waals surface area contributed by atoms with Crippen LogP contribution in [0, 0.1) is 18.6 Å². The predicted molar refractivity (Wildman–Crippen MR) is 47.1 cm³/mol. The number of carbonyl (C=O) groups is 1. The predicted octanol–water partition coefficient (Wildman–Crippen LogP) is 2.46. The Morgan fingerprint density at radius 1 is 1.36 bits per heavy atom. The van der Waals surface area contributed by atoms with Crippen LogP contribution in [0.25, 0.3) is 0 Å². The second-order valence-electron chi connectivity index (χ2n) is 3.16. The lowest BCUT2D eigenvalue weighted by molar-refractivity contribution is -0.138. The molecule has 0 bridgehead atoms. The van der Waals surface area contributed by atoms with Gasteiger partial charge in [0.15, 0.2) is 11.6 Å². The van der Waals surface area contributed by atoms with Crippen LogP contribution in [0.15, 0.2) is 12.1 Å². The van der Waals surface area contributed by atoms with Crippen LogP contribution in [0.4, 0.5) is 8.78 Å². The van der Waals surface area contributed by atoms with Gasteiger partial charge in [0.1, 0.15) is 0 Å². The van der Waals surface area contributed by atoms with E-state index >= 15 is 0 Å². The van der Waals surface area contributed by atoms with E-state index in [0.717, 1.165) is 0 Å². The molecule has 0 aliphatic carbocycles. The van der Waals surface area contributed by atoms with Crippen molar-refractivity contribution in [1.82, 2.24) is 0 Å². The van der Waals surface area contributed by atoms with E-state index in [1.54, 1.807) is 0 Å². The van der Waals surface area contributed by atoms with Gasteiger partial charge in [-0.1, -0.05) is 12.1 Å². The third-order valence-corrected chi connectivity index (χ3v) is 2.14. The normalized spacial score (nSPS) is 12.6. The Bertz CT molecular complexity index is 375. The number of hydrogen-bond acceptors (Lipinski definition) is 1. The molecule has 1 aromatic rings. The Balaban J connectivity index is 3.24. The minimum absolute atomic E-state index is 0.124. The standard InChI is InChI=1S/C10H10F2O2/c1-5-3-4-7(6(2)10(13)14)9(12)8(5)11/h3-4,6H,1-2H3,(H,13,14). The molecule has 0 aliphatic heterocycles. The van der Waals surface area contributed by atoms with Crippen molar-refractivity contribution >= 4 is 5.97 Å². The third kappa shape index (κ3) is 1.73. The molecule has 1 unspecified atom stereocenters. The molecule has 0 amide bonds. The molecule has 0 aliphatic rings. The highest BCUT2D eigenvalue weighted by atomic mass is 19.2. The van der Waals surface area contributed by atoms with Gasteiger partial charge in [-0.2, -0.15) is 0 Å². The van der Waals surface area contributed by atoms with Crippen LogP contribution >= 0.6 is 0 Å². The largest absolute Gasteiger partial charge is 0.481 e. The van der Waals surface area contributed by atoms with Crippen molar-refractivity contribution in [3.8, 4) is 0 Å². The summed E-state index contributed by atoms with van der Waals surface area (Å²) in [5.41, 5.74) is 0.0458. The second kappa shape index (κ2) is 3.74. The summed E-state index contributed by atoms with van der Waals surface area (Å²) in [5.74, 6) is -4.26. The Morgan fingerprint density at radius 2 is 1.93 bits per heavy atom. The third-order valence-electron chi connectivity index (χ3n) is 2.14. The summed E-state index contributed by atoms with van der Waals surface area (Å²) in [4.78, 5) is 10.6. The van der Waals surface area contributed by atoms with Crippen molar-refractivity contribution in [2.75, 3.05) is 0 Å². The van der Waals surface area contributed by atoms with E-state index in [1.165, 1.54) is 26.0 Å². The summed E-state index contributed by atoms with van der Waals surface area (Å²) in [6.07, 6.45) is 0. The van der Waals surface area contributed by atoms with Crippen molar-refractivity contribution in [1.29, 1.82) is 0 Å². The molecule has 1 N–H and O–H groups in total. The van der Waals surface area contributed by atoms with E-state index in [0.29, 0.717) is 0 Å². The first-order chi connectivity index (χ1) is 6.45. The van der Waals surface area contributed by atoms with E-state index in [2.05, 4.69) is 0 Å². The highest BCUT2D eigenvalue weighted by molar-refractivity contribution is 5.75. The van der Waals surface area contributed by atoms with Gasteiger partial charge >= 0.3 is 5.97 Å². The maximum atomic E-state index is 13.2. The first kappa shape index (κ1) is 10.6. The van der Waals surface area contributed by atoms with E-state index in [-0.39, 0.29) is 11.1 Å². The maximum Gasteiger partial charge on any atom is 0.310 e. The number of hydrogen-bond donors (Lipinski definition) is 1. The fourth-order valence-corrected chi connectivity index (χ4v) is 1.13. The SMILES string of the molecule is Cc1ccc(C(C)C(=O)O)c(F)c1F. The summed E-state index contributed by atoms with van der Waals surface area (Å²) >= 11 is 0. The van der Waals surface area contributed by atoms with Crippen LogP contribution < -0.4 is 0 Å². The molecular formula is C10H10F2O2. The van der Waals surface area contributed by atoms with Gasteiger partial charge < -0.3 is 5.11 Å². The summed E-state index contributed by atoms with van der Waals surface area (Å²) in [7, 11) is 0. The molecule has 0 fully saturated rings. The molecule has 0 heterocycles. The Kier molecular flexibility index (Phi) is 2.84. The van der Waals surface area contributed by atoms with Crippen LogP contribution in [-0.2, 0) is 4.79 Å². The van der Waals surface area contributed by atoms with Crippen LogP contribution in [0.5, 0.6) is 0 Å². The average molecular weight is 200 g/mol. The molecular weight excluding hydrogens is 190 g/mol. The zero-order valence-electron chi connectivity index (χ0n) is 7.84. The maximum absolute atomic E-state index is 13.2. The molecule has 76 valence electrons. The van der Waals surface area contributed by atoms with Gasteiger partial charge in [0.2, 0.25) is 0 Å². The van der Waals surface area contributed by atoms with E-state index in [1.807, 2.05) is 0 Å². The van der Waals surface area contributed by atoms with Crippen LogP contribution in [0.3, 0.4) is 0 Å². The molecule has 14 heavy (non-hydrogen) atoms. The summed E-state index contributed by atoms with van der Waals surface area (Å²) < 4.78 is 26.3. The fourth-order valence-electron chi connectivity index (χ4n) is 1.13. The highest BCUT2D eigenvalue weighted by Crippen LogP contribution is 2.22. The number of aryl methyl sites for hydroxylation is 1. The van der Waals surface area contributed by atoms with E-state index in [9.17, 15) is 13.6 Å². The van der Waals surface area contributed by atoms with Gasteiger partial charge in [0, 0.05) is 5.56 Å². The number of benzene rings is 1. The van der Waals surface area contributed by atoms with Gasteiger partial charge in [-0.15, -0.1) is 0 Å². The smallest absolute Gasteiger partial charge is 0.310 e. The van der Waals surface area contributed by atoms with Gasteiger partial charge in [0.05, 0.1) is 5.92 Å². The molecule has 0 saturated carbocycles. The molecule has 0 spiro atoms. The minimum Gasteiger partial charge on any atom is -0.481 e. The molecule has 2 nitrogen and oxygen atoms in total. The first-order valence-corrected chi connectivity index (χ1v) is 4.12. The van der Waals surface area contributed by atoms with Crippen molar-refractivity contribution in [3.63, 3.8) is 0 Å². The summed E-state index contributed by atoms with van der Waals surface area (Å²) in [6, 6.07) is 2.67. The molecule has 1 atom stereocenters. The van der Waals surface area contributed by atoms with Gasteiger partial charge in [-0.3, -0.25) is 4.79 Å². The molecule has 1 aromatic carbocycles. The quantitative estimate of drug-likeness (QED) is 0.796. The number of halogens is 2. The highest BCUT2D eigenvalue weighted by Gasteiger charge is 2.20. The van der Waals surface area contributed by atoms with Gasteiger partial charge in [-0.25, -0.2) is 8.78 Å². The fraction of sp³-hybridized carbons (Fsp3) is 0.300. The first-order valence-electron chi connectivity index (χ1n) is 4.12. The monoisotopic (exact) mass is 200 g/mol. The van der Waals surface area contributed by atoms with Crippen LogP contribution in [0.1, 0.15) is 24.0 Å². The van der Waals surface area contributed by atoms with Gasteiger partial charge in [-0.05, 0) is 19.4 Å². The lowest BCUT2D eigenvalue weighted by Crippen LogP contribution is -2.10. The number of carboxylic acids is 1. The molecule has 0 saturated heterocycles. The molecule has 0 aromatic heterocycles. The zero-order valence-corrected chi connectivity index (χ0v) is 7.84. The van der Waals surface area contributed by atoms with Crippen molar-refractivity contribution < 1.29 is 18.7 Å².